The van der Waals surface area contributed by atoms with Crippen LogP contribution in [0.2, 0.25) is 5.02 Å². The first kappa shape index (κ1) is 14.9. The summed E-state index contributed by atoms with van der Waals surface area (Å²) < 4.78 is 10.7. The molecule has 0 heterocycles. The van der Waals surface area contributed by atoms with Crippen molar-refractivity contribution in [2.75, 3.05) is 6.61 Å². The number of rotatable bonds is 5. The average molecular weight is 295 g/mol. The molecular weight excluding hydrogens is 276 g/mol. The molecule has 1 aliphatic carbocycles. The average Bonchev–Trinajstić information content (AvgIpc) is 2.86. The van der Waals surface area contributed by atoms with E-state index < -0.39 is 0 Å². The van der Waals surface area contributed by atoms with Crippen LogP contribution in [0.25, 0.3) is 0 Å². The van der Waals surface area contributed by atoms with E-state index in [4.69, 9.17) is 21.1 Å². The number of carbonyl (C=O) groups excluding carboxylic acids is 1. The minimum absolute atomic E-state index is 0.128. The van der Waals surface area contributed by atoms with Crippen molar-refractivity contribution in [3.05, 3.63) is 41.1 Å². The van der Waals surface area contributed by atoms with Crippen molar-refractivity contribution in [3.8, 4) is 5.75 Å². The fourth-order valence-electron chi connectivity index (χ4n) is 2.41. The number of carbonyl (C=O) groups is 1. The summed E-state index contributed by atoms with van der Waals surface area (Å²) >= 11 is 5.83. The van der Waals surface area contributed by atoms with Crippen LogP contribution in [0.4, 0.5) is 0 Å². The van der Waals surface area contributed by atoms with Crippen LogP contribution >= 0.6 is 11.6 Å². The molecule has 1 fully saturated rings. The van der Waals surface area contributed by atoms with E-state index in [-0.39, 0.29) is 11.9 Å². The summed E-state index contributed by atoms with van der Waals surface area (Å²) in [5, 5.41) is 0.686. The first-order valence-corrected chi connectivity index (χ1v) is 7.33. The Kier molecular flexibility index (Phi) is 5.48. The highest BCUT2D eigenvalue weighted by atomic mass is 35.5. The molecule has 0 bridgehead atoms. The van der Waals surface area contributed by atoms with Gasteiger partial charge in [-0.05, 0) is 61.9 Å². The van der Waals surface area contributed by atoms with E-state index in [9.17, 15) is 4.79 Å². The lowest BCUT2D eigenvalue weighted by Crippen LogP contribution is -2.10. The predicted molar refractivity (Wildman–Crippen MR) is 78.8 cm³/mol. The Balaban J connectivity index is 1.94. The minimum Gasteiger partial charge on any atom is -0.466 e. The first-order valence-electron chi connectivity index (χ1n) is 6.96. The molecule has 0 aromatic heterocycles. The lowest BCUT2D eigenvalue weighted by molar-refractivity contribution is -0.143. The summed E-state index contributed by atoms with van der Waals surface area (Å²) in [6.45, 7) is 2.26. The fraction of sp³-hybridized carbons (Fsp3) is 0.438. The van der Waals surface area contributed by atoms with Gasteiger partial charge in [0.05, 0.1) is 19.3 Å². The lowest BCUT2D eigenvalue weighted by Gasteiger charge is -2.11. The molecule has 0 spiro atoms. The van der Waals surface area contributed by atoms with E-state index in [2.05, 4.69) is 0 Å². The van der Waals surface area contributed by atoms with Gasteiger partial charge in [0.2, 0.25) is 0 Å². The standard InChI is InChI=1S/C16H19ClO3/c1-2-19-16(18)10-12-4-3-5-13(12)11-20-15-8-6-14(17)7-9-15/h6-9,11-12H,2-5,10H2,1H3/b13-11+. The van der Waals surface area contributed by atoms with Gasteiger partial charge in [-0.2, -0.15) is 0 Å². The molecule has 0 amide bonds. The summed E-state index contributed by atoms with van der Waals surface area (Å²) in [5.41, 5.74) is 1.19. The maximum Gasteiger partial charge on any atom is 0.306 e. The molecule has 3 nitrogen and oxygen atoms in total. The maximum absolute atomic E-state index is 11.6. The summed E-state index contributed by atoms with van der Waals surface area (Å²) in [6, 6.07) is 7.24. The third-order valence-corrected chi connectivity index (χ3v) is 3.67. The van der Waals surface area contributed by atoms with Crippen LogP contribution < -0.4 is 4.74 Å². The number of hydrogen-bond donors (Lipinski definition) is 0. The summed E-state index contributed by atoms with van der Waals surface area (Å²) in [4.78, 5) is 11.6. The molecule has 1 saturated carbocycles. The van der Waals surface area contributed by atoms with E-state index in [0.29, 0.717) is 18.1 Å². The van der Waals surface area contributed by atoms with Crippen molar-refractivity contribution in [2.24, 2.45) is 5.92 Å². The quantitative estimate of drug-likeness (QED) is 0.598. The normalized spacial score (nSPS) is 20.1. The minimum atomic E-state index is -0.128. The Morgan fingerprint density at radius 3 is 2.85 bits per heavy atom. The molecule has 0 saturated heterocycles. The Labute approximate surface area is 124 Å². The zero-order valence-corrected chi connectivity index (χ0v) is 12.4. The second kappa shape index (κ2) is 7.34. The van der Waals surface area contributed by atoms with E-state index >= 15 is 0 Å². The third-order valence-electron chi connectivity index (χ3n) is 3.42. The van der Waals surface area contributed by atoms with E-state index in [1.165, 1.54) is 5.57 Å². The van der Waals surface area contributed by atoms with Crippen LogP contribution in [-0.4, -0.2) is 12.6 Å². The van der Waals surface area contributed by atoms with Gasteiger partial charge < -0.3 is 9.47 Å². The first-order chi connectivity index (χ1) is 9.69. The molecule has 1 atom stereocenters. The number of halogens is 1. The maximum atomic E-state index is 11.6. The third kappa shape index (κ3) is 4.27. The molecular formula is C16H19ClO3. The van der Waals surface area contributed by atoms with Gasteiger partial charge in [0.1, 0.15) is 5.75 Å². The van der Waals surface area contributed by atoms with Crippen molar-refractivity contribution in [3.63, 3.8) is 0 Å². The highest BCUT2D eigenvalue weighted by Crippen LogP contribution is 2.34. The van der Waals surface area contributed by atoms with E-state index in [1.54, 1.807) is 18.4 Å². The molecule has 0 radical (unpaired) electrons. The van der Waals surface area contributed by atoms with Gasteiger partial charge >= 0.3 is 5.97 Å². The topological polar surface area (TPSA) is 35.5 Å². The molecule has 108 valence electrons. The number of benzene rings is 1. The zero-order valence-electron chi connectivity index (χ0n) is 11.6. The number of hydrogen-bond acceptors (Lipinski definition) is 3. The van der Waals surface area contributed by atoms with Crippen molar-refractivity contribution < 1.29 is 14.3 Å². The van der Waals surface area contributed by atoms with Gasteiger partial charge in [0.15, 0.2) is 0 Å². The second-order valence-electron chi connectivity index (χ2n) is 4.86. The Morgan fingerprint density at radius 2 is 2.15 bits per heavy atom. The van der Waals surface area contributed by atoms with E-state index in [1.807, 2.05) is 19.1 Å². The molecule has 20 heavy (non-hydrogen) atoms. The van der Waals surface area contributed by atoms with Crippen molar-refractivity contribution in [2.45, 2.75) is 32.6 Å². The van der Waals surface area contributed by atoms with Gasteiger partial charge in [-0.3, -0.25) is 4.79 Å². The van der Waals surface area contributed by atoms with Gasteiger partial charge in [-0.1, -0.05) is 11.6 Å². The monoisotopic (exact) mass is 294 g/mol. The molecule has 1 aromatic rings. The fourth-order valence-corrected chi connectivity index (χ4v) is 2.53. The summed E-state index contributed by atoms with van der Waals surface area (Å²) in [5.74, 6) is 0.877. The van der Waals surface area contributed by atoms with Crippen LogP contribution in [0.1, 0.15) is 32.6 Å². The van der Waals surface area contributed by atoms with Crippen LogP contribution in [-0.2, 0) is 9.53 Å². The second-order valence-corrected chi connectivity index (χ2v) is 5.30. The molecule has 0 N–H and O–H groups in total. The van der Waals surface area contributed by atoms with E-state index in [0.717, 1.165) is 25.0 Å². The van der Waals surface area contributed by atoms with Crippen LogP contribution in [0.5, 0.6) is 5.75 Å². The Hall–Kier alpha value is -1.48. The van der Waals surface area contributed by atoms with Gasteiger partial charge in [0.25, 0.3) is 0 Å². The molecule has 2 rings (SSSR count). The van der Waals surface area contributed by atoms with Crippen LogP contribution in [0.3, 0.4) is 0 Å². The number of allylic oxidation sites excluding steroid dienone is 1. The molecule has 0 aliphatic heterocycles. The van der Waals surface area contributed by atoms with Crippen molar-refractivity contribution >= 4 is 17.6 Å². The van der Waals surface area contributed by atoms with Crippen molar-refractivity contribution in [1.29, 1.82) is 0 Å². The Bertz CT molecular complexity index is 479. The lowest BCUT2D eigenvalue weighted by atomic mass is 10.0. The summed E-state index contributed by atoms with van der Waals surface area (Å²) in [6.07, 6.45) is 5.33. The van der Waals surface area contributed by atoms with Crippen molar-refractivity contribution in [1.82, 2.24) is 0 Å². The number of esters is 1. The smallest absolute Gasteiger partial charge is 0.306 e. The van der Waals surface area contributed by atoms with Crippen LogP contribution in [0, 0.1) is 5.92 Å². The molecule has 4 heteroatoms. The SMILES string of the molecule is CCOC(=O)CC1CCC/C1=C\Oc1ccc(Cl)cc1. The Morgan fingerprint density at radius 1 is 1.40 bits per heavy atom. The highest BCUT2D eigenvalue weighted by Gasteiger charge is 2.24. The predicted octanol–water partition coefficient (Wildman–Crippen LogP) is 4.36. The highest BCUT2D eigenvalue weighted by molar-refractivity contribution is 6.30. The number of ether oxygens (including phenoxy) is 2. The van der Waals surface area contributed by atoms with Gasteiger partial charge in [0, 0.05) is 5.02 Å². The van der Waals surface area contributed by atoms with Gasteiger partial charge in [-0.25, -0.2) is 0 Å². The largest absolute Gasteiger partial charge is 0.466 e. The zero-order chi connectivity index (χ0) is 14.4. The molecule has 1 aliphatic rings. The molecule has 1 aromatic carbocycles. The summed E-state index contributed by atoms with van der Waals surface area (Å²) in [7, 11) is 0. The van der Waals surface area contributed by atoms with Crippen LogP contribution in [0.15, 0.2) is 36.1 Å². The molecule has 1 unspecified atom stereocenters. The van der Waals surface area contributed by atoms with Gasteiger partial charge in [-0.15, -0.1) is 0 Å².